The molecule has 0 radical (unpaired) electrons. The summed E-state index contributed by atoms with van der Waals surface area (Å²) in [4.78, 5) is 65.5. The number of nitrogens with zero attached hydrogens (tertiary/aromatic N) is 3. The van der Waals surface area contributed by atoms with Crippen molar-refractivity contribution in [3.63, 3.8) is 0 Å². The zero-order chi connectivity index (χ0) is 32.7. The van der Waals surface area contributed by atoms with Crippen molar-refractivity contribution in [2.24, 2.45) is 5.92 Å². The summed E-state index contributed by atoms with van der Waals surface area (Å²) in [5, 5.41) is 5.55. The molecule has 1 saturated carbocycles. The summed E-state index contributed by atoms with van der Waals surface area (Å²) in [5.74, 6) is -0.704. The Balaban J connectivity index is 1.36. The minimum atomic E-state index is -0.566. The van der Waals surface area contributed by atoms with Gasteiger partial charge in [0.1, 0.15) is 23.0 Å². The molecule has 1 fully saturated rings. The lowest BCUT2D eigenvalue weighted by atomic mass is 9.91. The number of pyridine rings is 1. The SMILES string of the molecule is CC(=O)Nc1nc(C)c(C)c(C)c1C(=O)Nc1ccc(C(Cc2ccccc2F)c2nc3c([nH]2)c(=O)[nH]c(=O)n3CC2CC2)cc1. The van der Waals surface area contributed by atoms with Gasteiger partial charge in [0.2, 0.25) is 5.91 Å². The van der Waals surface area contributed by atoms with E-state index >= 15 is 0 Å². The average Bonchev–Trinajstić information content (AvgIpc) is 3.72. The van der Waals surface area contributed by atoms with E-state index in [-0.39, 0.29) is 40.7 Å². The highest BCUT2D eigenvalue weighted by Crippen LogP contribution is 2.33. The third-order valence-electron chi connectivity index (χ3n) is 8.59. The van der Waals surface area contributed by atoms with E-state index in [4.69, 9.17) is 4.98 Å². The van der Waals surface area contributed by atoms with Gasteiger partial charge in [-0.1, -0.05) is 30.3 Å². The molecule has 0 spiro atoms. The predicted molar refractivity (Wildman–Crippen MR) is 173 cm³/mol. The van der Waals surface area contributed by atoms with Gasteiger partial charge in [-0.25, -0.2) is 19.2 Å². The van der Waals surface area contributed by atoms with Crippen LogP contribution in [0.15, 0.2) is 58.1 Å². The minimum absolute atomic E-state index is 0.185. The first kappa shape index (κ1) is 30.6. The van der Waals surface area contributed by atoms with Crippen LogP contribution in [0.4, 0.5) is 15.9 Å². The standard InChI is InChI=1S/C34H34FN7O4/c1-17-18(2)27(30(36-19(17)3)37-20(4)43)32(44)38-24-13-11-22(12-14-24)25(15-23-7-5-6-8-26(23)35)29-39-28-31(40-29)42(16-21-9-10-21)34(46)41-33(28)45/h5-8,11-14,21,25H,9-10,15-16H2,1-4H3,(H,38,44)(H,39,40)(H,36,37,43)(H,41,45,46). The molecule has 4 N–H and O–H groups in total. The van der Waals surface area contributed by atoms with Gasteiger partial charge in [-0.3, -0.25) is 23.9 Å². The van der Waals surface area contributed by atoms with Crippen LogP contribution in [0.5, 0.6) is 0 Å². The number of benzene rings is 2. The second-order valence-corrected chi connectivity index (χ2v) is 11.9. The molecule has 1 unspecified atom stereocenters. The molecule has 1 atom stereocenters. The van der Waals surface area contributed by atoms with Crippen molar-refractivity contribution in [2.75, 3.05) is 10.6 Å². The molecule has 1 aliphatic rings. The van der Waals surface area contributed by atoms with Gasteiger partial charge in [0.15, 0.2) is 5.65 Å². The summed E-state index contributed by atoms with van der Waals surface area (Å²) in [6, 6.07) is 13.5. The van der Waals surface area contributed by atoms with Crippen molar-refractivity contribution in [2.45, 2.75) is 59.4 Å². The number of fused-ring (bicyclic) bond motifs is 1. The smallest absolute Gasteiger partial charge is 0.330 e. The maximum Gasteiger partial charge on any atom is 0.330 e. The Labute approximate surface area is 263 Å². The summed E-state index contributed by atoms with van der Waals surface area (Å²) in [5.41, 5.74) is 3.60. The number of carbonyl (C=O) groups is 2. The first-order chi connectivity index (χ1) is 22.0. The van der Waals surface area contributed by atoms with E-state index in [0.29, 0.717) is 40.8 Å². The molecule has 12 heteroatoms. The van der Waals surface area contributed by atoms with Crippen molar-refractivity contribution in [3.05, 3.63) is 115 Å². The Hall–Kier alpha value is -5.39. The summed E-state index contributed by atoms with van der Waals surface area (Å²) >= 11 is 0. The Kier molecular flexibility index (Phi) is 8.11. The lowest BCUT2D eigenvalue weighted by Crippen LogP contribution is -2.30. The lowest BCUT2D eigenvalue weighted by molar-refractivity contribution is -0.114. The van der Waals surface area contributed by atoms with Crippen LogP contribution in [-0.4, -0.2) is 36.3 Å². The zero-order valence-electron chi connectivity index (χ0n) is 26.0. The number of nitrogens with one attached hydrogen (secondary N) is 4. The van der Waals surface area contributed by atoms with E-state index in [1.807, 2.05) is 20.8 Å². The van der Waals surface area contributed by atoms with Crippen LogP contribution in [0.25, 0.3) is 11.2 Å². The maximum absolute atomic E-state index is 14.9. The molecule has 0 bridgehead atoms. The molecule has 3 heterocycles. The van der Waals surface area contributed by atoms with Gasteiger partial charge in [0, 0.05) is 30.8 Å². The summed E-state index contributed by atoms with van der Waals surface area (Å²) in [6.07, 6.45) is 2.24. The fraction of sp³-hybridized carbons (Fsp3) is 0.294. The van der Waals surface area contributed by atoms with E-state index in [1.54, 1.807) is 42.5 Å². The van der Waals surface area contributed by atoms with Crippen LogP contribution in [0.3, 0.4) is 0 Å². The van der Waals surface area contributed by atoms with E-state index < -0.39 is 23.1 Å². The van der Waals surface area contributed by atoms with Crippen LogP contribution in [0.1, 0.15) is 69.8 Å². The van der Waals surface area contributed by atoms with E-state index in [9.17, 15) is 23.6 Å². The number of aryl methyl sites for hydroxylation is 1. The van der Waals surface area contributed by atoms with Gasteiger partial charge in [-0.2, -0.15) is 0 Å². The molecule has 0 aliphatic heterocycles. The number of aromatic nitrogens is 5. The number of hydrogen-bond acceptors (Lipinski definition) is 6. The van der Waals surface area contributed by atoms with E-state index in [0.717, 1.165) is 24.0 Å². The number of aromatic amines is 2. The number of halogens is 1. The highest BCUT2D eigenvalue weighted by Gasteiger charge is 2.27. The van der Waals surface area contributed by atoms with Crippen LogP contribution in [-0.2, 0) is 17.8 Å². The van der Waals surface area contributed by atoms with Crippen LogP contribution in [0.2, 0.25) is 0 Å². The van der Waals surface area contributed by atoms with Crippen molar-refractivity contribution in [3.8, 4) is 0 Å². The Morgan fingerprint density at radius 1 is 0.978 bits per heavy atom. The largest absolute Gasteiger partial charge is 0.336 e. The molecule has 1 aliphatic carbocycles. The fourth-order valence-corrected chi connectivity index (χ4v) is 5.68. The first-order valence-corrected chi connectivity index (χ1v) is 15.1. The third-order valence-corrected chi connectivity index (χ3v) is 8.59. The zero-order valence-corrected chi connectivity index (χ0v) is 26.0. The van der Waals surface area contributed by atoms with Gasteiger partial charge in [0.25, 0.3) is 11.5 Å². The number of H-pyrrole nitrogens is 2. The van der Waals surface area contributed by atoms with Crippen LogP contribution >= 0.6 is 0 Å². The fourth-order valence-electron chi connectivity index (χ4n) is 5.68. The number of imidazole rings is 1. The highest BCUT2D eigenvalue weighted by atomic mass is 19.1. The third kappa shape index (κ3) is 6.10. The van der Waals surface area contributed by atoms with E-state index in [1.165, 1.54) is 17.6 Å². The van der Waals surface area contributed by atoms with Crippen molar-refractivity contribution in [1.29, 1.82) is 0 Å². The molecule has 6 rings (SSSR count). The van der Waals surface area contributed by atoms with Gasteiger partial charge in [-0.15, -0.1) is 0 Å². The Morgan fingerprint density at radius 2 is 1.70 bits per heavy atom. The topological polar surface area (TPSA) is 155 Å². The van der Waals surface area contributed by atoms with Crippen molar-refractivity contribution in [1.82, 2.24) is 24.5 Å². The molecule has 11 nitrogen and oxygen atoms in total. The van der Waals surface area contributed by atoms with Crippen molar-refractivity contribution >= 4 is 34.5 Å². The molecule has 236 valence electrons. The second-order valence-electron chi connectivity index (χ2n) is 11.9. The molecule has 46 heavy (non-hydrogen) atoms. The monoisotopic (exact) mass is 623 g/mol. The minimum Gasteiger partial charge on any atom is -0.336 e. The number of anilines is 2. The summed E-state index contributed by atoms with van der Waals surface area (Å²) in [6.45, 7) is 7.31. The molecular weight excluding hydrogens is 589 g/mol. The van der Waals surface area contributed by atoms with Gasteiger partial charge >= 0.3 is 5.69 Å². The number of hydrogen-bond donors (Lipinski definition) is 4. The lowest BCUT2D eigenvalue weighted by Gasteiger charge is -2.18. The molecule has 5 aromatic rings. The first-order valence-electron chi connectivity index (χ1n) is 15.1. The van der Waals surface area contributed by atoms with Gasteiger partial charge < -0.3 is 15.6 Å². The van der Waals surface area contributed by atoms with Gasteiger partial charge in [-0.05, 0) is 86.4 Å². The quantitative estimate of drug-likeness (QED) is 0.184. The normalized spacial score (nSPS) is 13.5. The highest BCUT2D eigenvalue weighted by molar-refractivity contribution is 6.10. The van der Waals surface area contributed by atoms with Crippen molar-refractivity contribution < 1.29 is 14.0 Å². The van der Waals surface area contributed by atoms with Gasteiger partial charge in [0.05, 0.1) is 5.56 Å². The Bertz CT molecular complexity index is 2110. The number of rotatable bonds is 9. The molecule has 3 aromatic heterocycles. The number of amides is 2. The van der Waals surface area contributed by atoms with Crippen LogP contribution in [0, 0.1) is 32.5 Å². The summed E-state index contributed by atoms with van der Waals surface area (Å²) in [7, 11) is 0. The predicted octanol–water partition coefficient (Wildman–Crippen LogP) is 4.87. The molecule has 2 amide bonds. The summed E-state index contributed by atoms with van der Waals surface area (Å²) < 4.78 is 16.4. The van der Waals surface area contributed by atoms with E-state index in [2.05, 4.69) is 25.6 Å². The Morgan fingerprint density at radius 3 is 2.37 bits per heavy atom. The molecule has 2 aromatic carbocycles. The average molecular weight is 624 g/mol. The van der Waals surface area contributed by atoms with Crippen LogP contribution < -0.4 is 21.9 Å². The second kappa shape index (κ2) is 12.2. The number of carbonyl (C=O) groups excluding carboxylic acids is 2. The molecule has 0 saturated heterocycles. The maximum atomic E-state index is 14.9. The molecular formula is C34H34FN7O4.